The zero-order valence-electron chi connectivity index (χ0n) is 15.2. The van der Waals surface area contributed by atoms with Gasteiger partial charge in [0.2, 0.25) is 0 Å². The fourth-order valence-corrected chi connectivity index (χ4v) is 4.43. The topological polar surface area (TPSA) is 12.0 Å². The van der Waals surface area contributed by atoms with Gasteiger partial charge in [-0.3, -0.25) is 0 Å². The fourth-order valence-electron chi connectivity index (χ4n) is 2.91. The van der Waals surface area contributed by atoms with Gasteiger partial charge in [0.25, 0.3) is 0 Å². The highest BCUT2D eigenvalue weighted by atomic mass is 35.5. The van der Waals surface area contributed by atoms with Gasteiger partial charge in [0.15, 0.2) is 0 Å². The third kappa shape index (κ3) is 4.42. The van der Waals surface area contributed by atoms with E-state index in [4.69, 9.17) is 11.6 Å². The Kier molecular flexibility index (Phi) is 5.87. The Morgan fingerprint density at radius 3 is 2.43 bits per heavy atom. The number of benzene rings is 2. The van der Waals surface area contributed by atoms with Crippen LogP contribution in [0.5, 0.6) is 0 Å². The highest BCUT2D eigenvalue weighted by Crippen LogP contribution is 2.41. The van der Waals surface area contributed by atoms with Crippen molar-refractivity contribution in [3.05, 3.63) is 88.3 Å². The second kappa shape index (κ2) is 8.02. The minimum absolute atomic E-state index is 0.0677. The van der Waals surface area contributed by atoms with E-state index in [1.54, 1.807) is 0 Å². The van der Waals surface area contributed by atoms with Crippen molar-refractivity contribution in [1.82, 2.24) is 5.32 Å². The van der Waals surface area contributed by atoms with Crippen molar-refractivity contribution in [2.75, 3.05) is 0 Å². The van der Waals surface area contributed by atoms with Gasteiger partial charge in [-0.25, -0.2) is 0 Å². The summed E-state index contributed by atoms with van der Waals surface area (Å²) < 4.78 is 39.4. The third-order valence-corrected chi connectivity index (χ3v) is 6.17. The Morgan fingerprint density at radius 1 is 1.14 bits per heavy atom. The number of fused-ring (bicyclic) bond motifs is 1. The van der Waals surface area contributed by atoms with Gasteiger partial charge < -0.3 is 5.32 Å². The Labute approximate surface area is 171 Å². The first kappa shape index (κ1) is 20.5. The van der Waals surface area contributed by atoms with Crippen LogP contribution in [0.15, 0.2) is 67.3 Å². The zero-order valence-corrected chi connectivity index (χ0v) is 16.8. The van der Waals surface area contributed by atoms with E-state index in [9.17, 15) is 13.2 Å². The molecule has 0 amide bonds. The van der Waals surface area contributed by atoms with Crippen LogP contribution >= 0.6 is 22.9 Å². The standard InChI is InChI=1S/C22H19ClF3NS/c1-13(2)18(11-15-7-5-4-6-8-15)27-14(3)21-20(23)17-10-9-16(22(24,25)26)12-19(17)28-21/h4-10,12,18,27H,1,3,11H2,2H3. The number of nitrogens with one attached hydrogen (secondary N) is 1. The van der Waals surface area contributed by atoms with E-state index in [1.165, 1.54) is 17.4 Å². The molecule has 1 atom stereocenters. The molecular formula is C22H19ClF3NS. The monoisotopic (exact) mass is 421 g/mol. The lowest BCUT2D eigenvalue weighted by Gasteiger charge is -2.21. The molecule has 0 fully saturated rings. The molecule has 146 valence electrons. The Morgan fingerprint density at radius 2 is 1.82 bits per heavy atom. The summed E-state index contributed by atoms with van der Waals surface area (Å²) in [5.74, 6) is 0. The van der Waals surface area contributed by atoms with E-state index >= 15 is 0 Å². The lowest BCUT2D eigenvalue weighted by molar-refractivity contribution is -0.137. The van der Waals surface area contributed by atoms with Crippen LogP contribution < -0.4 is 5.32 Å². The molecule has 0 saturated heterocycles. The van der Waals surface area contributed by atoms with E-state index in [-0.39, 0.29) is 6.04 Å². The van der Waals surface area contributed by atoms with E-state index in [0.29, 0.717) is 25.7 Å². The van der Waals surface area contributed by atoms with Crippen molar-refractivity contribution < 1.29 is 13.2 Å². The first-order valence-corrected chi connectivity index (χ1v) is 9.80. The van der Waals surface area contributed by atoms with Crippen molar-refractivity contribution in [3.8, 4) is 0 Å². The Balaban J connectivity index is 1.87. The molecule has 28 heavy (non-hydrogen) atoms. The molecule has 2 aromatic carbocycles. The predicted molar refractivity (Wildman–Crippen MR) is 113 cm³/mol. The summed E-state index contributed by atoms with van der Waals surface area (Å²) in [6.45, 7) is 10.0. The van der Waals surface area contributed by atoms with Crippen molar-refractivity contribution in [3.63, 3.8) is 0 Å². The average molecular weight is 422 g/mol. The number of rotatable bonds is 6. The Hall–Kier alpha value is -2.24. The van der Waals surface area contributed by atoms with Crippen LogP contribution in [0.1, 0.15) is 22.9 Å². The number of thiophene rings is 1. The molecule has 1 aromatic heterocycles. The van der Waals surface area contributed by atoms with Crippen molar-refractivity contribution in [2.45, 2.75) is 25.6 Å². The molecule has 0 spiro atoms. The van der Waals surface area contributed by atoms with Gasteiger partial charge in [-0.1, -0.05) is 66.7 Å². The van der Waals surface area contributed by atoms with Crippen LogP contribution in [0.25, 0.3) is 15.8 Å². The minimum Gasteiger partial charge on any atom is -0.378 e. The fraction of sp³-hybridized carbons (Fsp3) is 0.182. The first-order valence-electron chi connectivity index (χ1n) is 8.61. The minimum atomic E-state index is -4.39. The molecular weight excluding hydrogens is 403 g/mol. The molecule has 0 aliphatic rings. The largest absolute Gasteiger partial charge is 0.416 e. The Bertz CT molecular complexity index is 1020. The maximum Gasteiger partial charge on any atom is 0.416 e. The van der Waals surface area contributed by atoms with Crippen molar-refractivity contribution in [2.24, 2.45) is 0 Å². The molecule has 3 rings (SSSR count). The SMILES string of the molecule is C=C(NC(Cc1ccccc1)C(=C)C)c1sc2cc(C(F)(F)F)ccc2c1Cl. The summed E-state index contributed by atoms with van der Waals surface area (Å²) in [4.78, 5) is 0.635. The highest BCUT2D eigenvalue weighted by Gasteiger charge is 2.31. The predicted octanol–water partition coefficient (Wildman–Crippen LogP) is 7.32. The van der Waals surface area contributed by atoms with Crippen LogP contribution in [-0.4, -0.2) is 6.04 Å². The summed E-state index contributed by atoms with van der Waals surface area (Å²) in [6.07, 6.45) is -3.67. The molecule has 1 nitrogen and oxygen atoms in total. The molecule has 1 unspecified atom stereocenters. The average Bonchev–Trinajstić information content (AvgIpc) is 2.97. The molecule has 3 aromatic rings. The van der Waals surface area contributed by atoms with Gasteiger partial charge in [-0.05, 0) is 31.0 Å². The van der Waals surface area contributed by atoms with Gasteiger partial charge in [-0.15, -0.1) is 11.3 Å². The van der Waals surface area contributed by atoms with E-state index < -0.39 is 11.7 Å². The molecule has 1 heterocycles. The number of hydrogen-bond acceptors (Lipinski definition) is 2. The summed E-state index contributed by atoms with van der Waals surface area (Å²) in [7, 11) is 0. The lowest BCUT2D eigenvalue weighted by atomic mass is 10.0. The molecule has 0 radical (unpaired) electrons. The van der Waals surface area contributed by atoms with E-state index in [0.717, 1.165) is 29.7 Å². The maximum atomic E-state index is 13.0. The lowest BCUT2D eigenvalue weighted by Crippen LogP contribution is -2.30. The van der Waals surface area contributed by atoms with Crippen LogP contribution in [-0.2, 0) is 12.6 Å². The van der Waals surface area contributed by atoms with Crippen LogP contribution in [0, 0.1) is 0 Å². The quantitative estimate of drug-likeness (QED) is 0.411. The van der Waals surface area contributed by atoms with Gasteiger partial charge in [0.1, 0.15) is 0 Å². The summed E-state index contributed by atoms with van der Waals surface area (Å²) in [6, 6.07) is 13.5. The van der Waals surface area contributed by atoms with Gasteiger partial charge in [0.05, 0.1) is 21.5 Å². The molecule has 6 heteroatoms. The third-order valence-electron chi connectivity index (χ3n) is 4.46. The maximum absolute atomic E-state index is 13.0. The van der Waals surface area contributed by atoms with Crippen molar-refractivity contribution in [1.29, 1.82) is 0 Å². The molecule has 0 bridgehead atoms. The first-order chi connectivity index (χ1) is 13.2. The molecule has 0 aliphatic carbocycles. The van der Waals surface area contributed by atoms with E-state index in [1.807, 2.05) is 37.3 Å². The summed E-state index contributed by atoms with van der Waals surface area (Å²) in [5.41, 5.74) is 1.96. The number of hydrogen-bond donors (Lipinski definition) is 1. The van der Waals surface area contributed by atoms with Gasteiger partial charge in [0, 0.05) is 15.8 Å². The van der Waals surface area contributed by atoms with Crippen LogP contribution in [0.4, 0.5) is 13.2 Å². The normalized spacial score (nSPS) is 12.8. The second-order valence-corrected chi connectivity index (χ2v) is 8.10. The van der Waals surface area contributed by atoms with Crippen molar-refractivity contribution >= 4 is 38.7 Å². The zero-order chi connectivity index (χ0) is 20.5. The van der Waals surface area contributed by atoms with E-state index in [2.05, 4.69) is 18.5 Å². The summed E-state index contributed by atoms with van der Waals surface area (Å²) >= 11 is 7.65. The molecule has 0 saturated carbocycles. The second-order valence-electron chi connectivity index (χ2n) is 6.67. The summed E-state index contributed by atoms with van der Waals surface area (Å²) in [5, 5.41) is 4.34. The molecule has 0 aliphatic heterocycles. The van der Waals surface area contributed by atoms with Gasteiger partial charge >= 0.3 is 6.18 Å². The van der Waals surface area contributed by atoms with Crippen LogP contribution in [0.2, 0.25) is 5.02 Å². The van der Waals surface area contributed by atoms with Gasteiger partial charge in [-0.2, -0.15) is 13.2 Å². The molecule has 1 N–H and O–H groups in total. The number of halogens is 4. The smallest absolute Gasteiger partial charge is 0.378 e. The highest BCUT2D eigenvalue weighted by molar-refractivity contribution is 7.20. The number of alkyl halides is 3. The van der Waals surface area contributed by atoms with Crippen LogP contribution in [0.3, 0.4) is 0 Å².